The number of para-hydroxylation sites is 2. The molecule has 3 unspecified atom stereocenters. The summed E-state index contributed by atoms with van der Waals surface area (Å²) in [6.07, 6.45) is 6.89. The zero-order valence-electron chi connectivity index (χ0n) is 18.6. The molecule has 3 aromatic rings. The minimum Gasteiger partial charge on any atom is -0.361 e. The van der Waals surface area contributed by atoms with Crippen molar-refractivity contribution in [3.05, 3.63) is 47.6 Å². The molecule has 0 spiro atoms. The second-order valence-corrected chi connectivity index (χ2v) is 9.81. The van der Waals surface area contributed by atoms with Gasteiger partial charge in [-0.3, -0.25) is 4.79 Å². The molecule has 0 radical (unpaired) electrons. The van der Waals surface area contributed by atoms with Crippen LogP contribution in [0.3, 0.4) is 0 Å². The largest absolute Gasteiger partial charge is 0.361 e. The molecule has 32 heavy (non-hydrogen) atoms. The van der Waals surface area contributed by atoms with Crippen LogP contribution in [0.4, 0.5) is 0 Å². The highest BCUT2D eigenvalue weighted by atomic mass is 16.5. The molecule has 3 fully saturated rings. The van der Waals surface area contributed by atoms with E-state index in [-0.39, 0.29) is 11.9 Å². The molecule has 2 N–H and O–H groups in total. The fourth-order valence-electron chi connectivity index (χ4n) is 5.89. The maximum atomic E-state index is 13.3. The number of imidazole rings is 1. The number of aromatic nitrogens is 3. The number of benzene rings is 1. The van der Waals surface area contributed by atoms with E-state index in [1.54, 1.807) is 0 Å². The van der Waals surface area contributed by atoms with Gasteiger partial charge in [0.15, 0.2) is 5.82 Å². The molecule has 7 nitrogen and oxygen atoms in total. The average molecular weight is 434 g/mol. The van der Waals surface area contributed by atoms with Crippen LogP contribution in [-0.2, 0) is 6.54 Å². The Balaban J connectivity index is 1.08. The summed E-state index contributed by atoms with van der Waals surface area (Å²) in [5.41, 5.74) is 2.74. The van der Waals surface area contributed by atoms with E-state index in [1.165, 1.54) is 12.8 Å². The van der Waals surface area contributed by atoms with E-state index in [4.69, 9.17) is 4.52 Å². The van der Waals surface area contributed by atoms with Crippen molar-refractivity contribution >= 4 is 16.9 Å². The molecule has 5 atom stereocenters. The molecule has 6 rings (SSSR count). The number of carbonyl (C=O) groups is 1. The number of amides is 1. The van der Waals surface area contributed by atoms with E-state index in [0.29, 0.717) is 24.3 Å². The predicted molar refractivity (Wildman–Crippen MR) is 121 cm³/mol. The minimum absolute atomic E-state index is 0.00521. The van der Waals surface area contributed by atoms with Crippen LogP contribution in [0, 0.1) is 11.8 Å². The number of H-pyrrole nitrogens is 1. The van der Waals surface area contributed by atoms with Crippen LogP contribution in [0.5, 0.6) is 0 Å². The lowest BCUT2D eigenvalue weighted by Gasteiger charge is -2.37. The summed E-state index contributed by atoms with van der Waals surface area (Å²) in [5, 5.41) is 7.97. The number of carbonyl (C=O) groups excluding carboxylic acids is 1. The van der Waals surface area contributed by atoms with Crippen LogP contribution >= 0.6 is 0 Å². The van der Waals surface area contributed by atoms with Crippen molar-refractivity contribution in [3.8, 4) is 0 Å². The average Bonchev–Trinajstić information content (AvgIpc) is 3.15. The first-order valence-electron chi connectivity index (χ1n) is 12.1. The Morgan fingerprint density at radius 1 is 1.25 bits per heavy atom. The predicted octanol–water partition coefficient (Wildman–Crippen LogP) is 4.24. The number of hydrogen-bond acceptors (Lipinski definition) is 5. The second kappa shape index (κ2) is 8.03. The number of fused-ring (bicyclic) bond motifs is 2. The van der Waals surface area contributed by atoms with Crippen LogP contribution < -0.4 is 5.32 Å². The first-order valence-corrected chi connectivity index (χ1v) is 12.1. The summed E-state index contributed by atoms with van der Waals surface area (Å²) in [5.74, 6) is 3.96. The van der Waals surface area contributed by atoms with E-state index in [0.717, 1.165) is 66.6 Å². The molecule has 168 valence electrons. The number of aromatic amines is 1. The summed E-state index contributed by atoms with van der Waals surface area (Å²) in [6.45, 7) is 3.47. The van der Waals surface area contributed by atoms with Crippen molar-refractivity contribution < 1.29 is 9.32 Å². The lowest BCUT2D eigenvalue weighted by molar-refractivity contribution is 0.0617. The summed E-state index contributed by atoms with van der Waals surface area (Å²) in [4.78, 5) is 23.0. The lowest BCUT2D eigenvalue weighted by Crippen LogP contribution is -2.47. The van der Waals surface area contributed by atoms with Crippen LogP contribution in [0.2, 0.25) is 0 Å². The van der Waals surface area contributed by atoms with E-state index in [2.05, 4.69) is 33.4 Å². The molecule has 1 aromatic carbocycles. The Morgan fingerprint density at radius 3 is 2.94 bits per heavy atom. The maximum absolute atomic E-state index is 13.3. The molecule has 3 aliphatic carbocycles. The van der Waals surface area contributed by atoms with Gasteiger partial charge >= 0.3 is 0 Å². The van der Waals surface area contributed by atoms with Gasteiger partial charge in [-0.15, -0.1) is 0 Å². The Hall–Kier alpha value is -2.67. The normalized spacial score (nSPS) is 28.8. The maximum Gasteiger partial charge on any atom is 0.289 e. The molecule has 2 aromatic heterocycles. The van der Waals surface area contributed by atoms with Gasteiger partial charge in [-0.1, -0.05) is 17.3 Å². The van der Waals surface area contributed by atoms with Crippen molar-refractivity contribution in [3.63, 3.8) is 0 Å². The molecule has 3 saturated carbocycles. The van der Waals surface area contributed by atoms with Crippen molar-refractivity contribution in [1.82, 2.24) is 25.3 Å². The molecule has 2 heterocycles. The van der Waals surface area contributed by atoms with E-state index in [9.17, 15) is 4.79 Å². The molecule has 0 saturated heterocycles. The Labute approximate surface area is 187 Å². The van der Waals surface area contributed by atoms with Crippen LogP contribution in [-0.4, -0.2) is 44.6 Å². The molecule has 3 aliphatic rings. The van der Waals surface area contributed by atoms with Gasteiger partial charge in [-0.05, 0) is 69.4 Å². The highest BCUT2D eigenvalue weighted by molar-refractivity contribution is 5.94. The van der Waals surface area contributed by atoms with E-state index in [1.807, 2.05) is 29.2 Å². The first kappa shape index (κ1) is 20.0. The Morgan fingerprint density at radius 2 is 2.16 bits per heavy atom. The minimum atomic E-state index is -0.00521. The smallest absolute Gasteiger partial charge is 0.289 e. The fraction of sp³-hybridized carbons (Fsp3) is 0.560. The standard InChI is InChI=1S/C25H31N5O2/c1-2-30(25(31)24-27-21-8-3-4-9-22(21)28-24)18-7-5-6-16(12-18)26-14-17-13-23(32-29-17)20-11-15-10-19(15)20/h3-4,8-9,13,15-16,18-20,26H,2,5-7,10-12,14H2,1H3,(H,27,28)/t15?,16-,18+,19?,20?/m1/s1. The van der Waals surface area contributed by atoms with Crippen molar-refractivity contribution in [2.45, 2.75) is 70.0 Å². The third kappa shape index (κ3) is 3.62. The molecule has 7 heteroatoms. The van der Waals surface area contributed by atoms with Crippen LogP contribution in [0.25, 0.3) is 11.0 Å². The highest BCUT2D eigenvalue weighted by Crippen LogP contribution is 2.64. The van der Waals surface area contributed by atoms with Gasteiger partial charge in [0, 0.05) is 37.2 Å². The van der Waals surface area contributed by atoms with Crippen molar-refractivity contribution in [2.24, 2.45) is 11.8 Å². The number of hydrogen-bond donors (Lipinski definition) is 2. The van der Waals surface area contributed by atoms with Gasteiger partial charge in [0.25, 0.3) is 5.91 Å². The van der Waals surface area contributed by atoms with Crippen molar-refractivity contribution in [1.29, 1.82) is 0 Å². The van der Waals surface area contributed by atoms with Gasteiger partial charge in [-0.2, -0.15) is 0 Å². The second-order valence-electron chi connectivity index (χ2n) is 9.81. The third-order valence-electron chi connectivity index (χ3n) is 7.85. The number of nitrogens with one attached hydrogen (secondary N) is 2. The van der Waals surface area contributed by atoms with Crippen LogP contribution in [0.15, 0.2) is 34.9 Å². The van der Waals surface area contributed by atoms with E-state index < -0.39 is 0 Å². The zero-order chi connectivity index (χ0) is 21.7. The summed E-state index contributed by atoms with van der Waals surface area (Å²) in [6, 6.07) is 10.5. The van der Waals surface area contributed by atoms with Gasteiger partial charge in [0.2, 0.25) is 0 Å². The molecular formula is C25H31N5O2. The lowest BCUT2D eigenvalue weighted by atomic mass is 9.83. The summed E-state index contributed by atoms with van der Waals surface area (Å²) < 4.78 is 5.63. The fourth-order valence-corrected chi connectivity index (χ4v) is 5.89. The molecule has 1 amide bonds. The van der Waals surface area contributed by atoms with Gasteiger partial charge in [0.1, 0.15) is 5.76 Å². The van der Waals surface area contributed by atoms with Gasteiger partial charge in [0.05, 0.1) is 16.7 Å². The van der Waals surface area contributed by atoms with E-state index >= 15 is 0 Å². The Kier molecular flexibility index (Phi) is 5.01. The monoisotopic (exact) mass is 433 g/mol. The van der Waals surface area contributed by atoms with Gasteiger partial charge in [-0.25, -0.2) is 4.98 Å². The first-order chi connectivity index (χ1) is 15.7. The molecule has 0 aliphatic heterocycles. The number of rotatable bonds is 7. The topological polar surface area (TPSA) is 87.0 Å². The van der Waals surface area contributed by atoms with Crippen molar-refractivity contribution in [2.75, 3.05) is 6.54 Å². The molecule has 0 bridgehead atoms. The Bertz CT molecular complexity index is 1090. The third-order valence-corrected chi connectivity index (χ3v) is 7.85. The summed E-state index contributed by atoms with van der Waals surface area (Å²) >= 11 is 0. The summed E-state index contributed by atoms with van der Waals surface area (Å²) in [7, 11) is 0. The van der Waals surface area contributed by atoms with Crippen LogP contribution in [0.1, 0.15) is 73.4 Å². The zero-order valence-corrected chi connectivity index (χ0v) is 18.6. The highest BCUT2D eigenvalue weighted by Gasteiger charge is 2.55. The van der Waals surface area contributed by atoms with Gasteiger partial charge < -0.3 is 19.7 Å². The number of nitrogens with zero attached hydrogens (tertiary/aromatic N) is 3. The molecular weight excluding hydrogens is 402 g/mol. The quantitative estimate of drug-likeness (QED) is 0.582. The SMILES string of the molecule is CCN(C(=O)c1nc2ccccc2[nH]1)[C@H]1CCC[C@@H](NCc2cc(C3CC4CC43)on2)C1.